The number of anilines is 1. The summed E-state index contributed by atoms with van der Waals surface area (Å²) in [5, 5.41) is 7.61. The van der Waals surface area contributed by atoms with Crippen molar-refractivity contribution >= 4 is 34.4 Å². The lowest BCUT2D eigenvalue weighted by atomic mass is 9.97. The molecule has 42 heavy (non-hydrogen) atoms. The van der Waals surface area contributed by atoms with Gasteiger partial charge in [0, 0.05) is 17.8 Å². The minimum Gasteiger partial charge on any atom is -0.444 e. The Morgan fingerprint density at radius 1 is 0.905 bits per heavy atom. The van der Waals surface area contributed by atoms with Crippen molar-refractivity contribution in [1.29, 1.82) is 0 Å². The van der Waals surface area contributed by atoms with Crippen LogP contribution in [0.3, 0.4) is 0 Å². The molecule has 0 aromatic heterocycles. The number of carbonyl (C=O) groups excluding carboxylic acids is 3. The Labute approximate surface area is 250 Å². The Kier molecular flexibility index (Phi) is 12.0. The largest absolute Gasteiger partial charge is 0.444 e. The van der Waals surface area contributed by atoms with Crippen LogP contribution in [-0.4, -0.2) is 41.5 Å². The molecule has 3 amide bonds. The average Bonchev–Trinajstić information content (AvgIpc) is 2.96. The van der Waals surface area contributed by atoms with Gasteiger partial charge >= 0.3 is 6.09 Å². The number of fused-ring (bicyclic) bond motifs is 1. The van der Waals surface area contributed by atoms with Crippen LogP contribution < -0.4 is 10.6 Å². The summed E-state index contributed by atoms with van der Waals surface area (Å²) in [7, 11) is 0. The van der Waals surface area contributed by atoms with Gasteiger partial charge in [-0.05, 0) is 61.7 Å². The quantitative estimate of drug-likeness (QED) is 0.168. The molecule has 0 saturated carbocycles. The Morgan fingerprint density at radius 2 is 1.57 bits per heavy atom. The van der Waals surface area contributed by atoms with Gasteiger partial charge in [0.05, 0.1) is 0 Å². The number of carbonyl (C=O) groups is 3. The van der Waals surface area contributed by atoms with Crippen molar-refractivity contribution in [3.05, 3.63) is 77.9 Å². The summed E-state index contributed by atoms with van der Waals surface area (Å²) in [5.74, 6) is 1.88. The fourth-order valence-corrected chi connectivity index (χ4v) is 4.82. The van der Waals surface area contributed by atoms with Gasteiger partial charge in [-0.15, -0.1) is 6.42 Å². The maximum absolute atomic E-state index is 14.1. The van der Waals surface area contributed by atoms with E-state index in [2.05, 4.69) is 23.5 Å². The Bertz CT molecular complexity index is 1400. The third-order valence-electron chi connectivity index (χ3n) is 6.84. The number of terminal acetylenes is 1. The van der Waals surface area contributed by atoms with Crippen molar-refractivity contribution in [2.45, 2.75) is 77.9 Å². The van der Waals surface area contributed by atoms with E-state index >= 15 is 0 Å². The summed E-state index contributed by atoms with van der Waals surface area (Å²) in [6.45, 7) is 7.44. The van der Waals surface area contributed by atoms with Crippen LogP contribution in [-0.2, 0) is 14.3 Å². The van der Waals surface area contributed by atoms with Gasteiger partial charge < -0.3 is 20.3 Å². The van der Waals surface area contributed by atoms with E-state index in [1.807, 2.05) is 42.5 Å². The molecule has 0 spiro atoms. The molecular formula is C35H43N3O4. The maximum Gasteiger partial charge on any atom is 0.408 e. The zero-order chi connectivity index (χ0) is 30.5. The molecular weight excluding hydrogens is 526 g/mol. The van der Waals surface area contributed by atoms with Crippen LogP contribution in [0.25, 0.3) is 10.8 Å². The predicted molar refractivity (Wildman–Crippen MR) is 169 cm³/mol. The first kappa shape index (κ1) is 32.2. The van der Waals surface area contributed by atoms with Crippen molar-refractivity contribution < 1.29 is 19.1 Å². The van der Waals surface area contributed by atoms with Crippen LogP contribution in [0.4, 0.5) is 10.5 Å². The topological polar surface area (TPSA) is 87.7 Å². The standard InChI is InChI=1S/C35H43N3O4/c1-6-8-9-10-11-16-23-38(31(39)25-36-34(41)42-35(3,4)5)32(30-20-15-14-17-26(30)7-2)33(40)37-29-22-21-27-18-12-13-19-28(27)24-29/h2,12-15,17-22,24,32H,6,8-11,16,23,25H2,1,3-5H3,(H,36,41)(H,37,40). The van der Waals surface area contributed by atoms with E-state index in [0.717, 1.165) is 42.9 Å². The third kappa shape index (κ3) is 9.66. The van der Waals surface area contributed by atoms with Gasteiger partial charge in [0.2, 0.25) is 5.91 Å². The highest BCUT2D eigenvalue weighted by Crippen LogP contribution is 2.28. The number of nitrogens with one attached hydrogen (secondary N) is 2. The first-order valence-electron chi connectivity index (χ1n) is 14.7. The second-order valence-corrected chi connectivity index (χ2v) is 11.4. The first-order chi connectivity index (χ1) is 20.1. The molecule has 0 fully saturated rings. The summed E-state index contributed by atoms with van der Waals surface area (Å²) in [6.07, 6.45) is 11.2. The second kappa shape index (κ2) is 15.6. The van der Waals surface area contributed by atoms with E-state index in [1.165, 1.54) is 4.90 Å². The van der Waals surface area contributed by atoms with Crippen molar-refractivity contribution in [3.63, 3.8) is 0 Å². The molecule has 2 N–H and O–H groups in total. The van der Waals surface area contributed by atoms with Crippen LogP contribution in [0.1, 0.15) is 83.4 Å². The van der Waals surface area contributed by atoms with E-state index in [9.17, 15) is 14.4 Å². The fraction of sp³-hybridized carbons (Fsp3) is 0.400. The lowest BCUT2D eigenvalue weighted by Crippen LogP contribution is -2.47. The van der Waals surface area contributed by atoms with E-state index in [-0.39, 0.29) is 12.5 Å². The molecule has 0 aliphatic rings. The van der Waals surface area contributed by atoms with Crippen LogP contribution >= 0.6 is 0 Å². The summed E-state index contributed by atoms with van der Waals surface area (Å²) < 4.78 is 5.32. The molecule has 3 aromatic carbocycles. The van der Waals surface area contributed by atoms with Gasteiger partial charge in [0.25, 0.3) is 5.91 Å². The zero-order valence-corrected chi connectivity index (χ0v) is 25.2. The van der Waals surface area contributed by atoms with Gasteiger partial charge in [-0.2, -0.15) is 0 Å². The number of nitrogens with zero attached hydrogens (tertiary/aromatic N) is 1. The van der Waals surface area contributed by atoms with Crippen LogP contribution in [0, 0.1) is 12.3 Å². The first-order valence-corrected chi connectivity index (χ1v) is 14.7. The lowest BCUT2D eigenvalue weighted by molar-refractivity contribution is -0.138. The third-order valence-corrected chi connectivity index (χ3v) is 6.84. The minimum absolute atomic E-state index is 0.317. The molecule has 3 aromatic rings. The Balaban J connectivity index is 1.93. The van der Waals surface area contributed by atoms with E-state index in [1.54, 1.807) is 45.0 Å². The number of unbranched alkanes of at least 4 members (excludes halogenated alkanes) is 5. The van der Waals surface area contributed by atoms with Crippen LogP contribution in [0.2, 0.25) is 0 Å². The van der Waals surface area contributed by atoms with E-state index in [4.69, 9.17) is 11.2 Å². The van der Waals surface area contributed by atoms with Gasteiger partial charge in [-0.3, -0.25) is 9.59 Å². The molecule has 0 saturated heterocycles. The molecule has 222 valence electrons. The molecule has 0 aliphatic heterocycles. The van der Waals surface area contributed by atoms with Gasteiger partial charge in [0.1, 0.15) is 18.2 Å². The van der Waals surface area contributed by atoms with Gasteiger partial charge in [-0.25, -0.2) is 4.79 Å². The molecule has 0 heterocycles. The van der Waals surface area contributed by atoms with E-state index < -0.39 is 23.6 Å². The number of alkyl carbamates (subject to hydrolysis) is 1. The van der Waals surface area contributed by atoms with Crippen LogP contribution in [0.5, 0.6) is 0 Å². The highest BCUT2D eigenvalue weighted by Gasteiger charge is 2.33. The van der Waals surface area contributed by atoms with Crippen molar-refractivity contribution in [1.82, 2.24) is 10.2 Å². The minimum atomic E-state index is -1.01. The maximum atomic E-state index is 14.1. The number of benzene rings is 3. The smallest absolute Gasteiger partial charge is 0.408 e. The normalized spacial score (nSPS) is 11.8. The highest BCUT2D eigenvalue weighted by molar-refractivity contribution is 6.00. The van der Waals surface area contributed by atoms with Crippen molar-refractivity contribution in [2.24, 2.45) is 0 Å². The van der Waals surface area contributed by atoms with Crippen molar-refractivity contribution in [3.8, 4) is 12.3 Å². The number of rotatable bonds is 13. The molecule has 1 atom stereocenters. The number of amides is 3. The molecule has 7 heteroatoms. The van der Waals surface area contributed by atoms with Gasteiger partial charge in [0.15, 0.2) is 0 Å². The molecule has 0 bridgehead atoms. The highest BCUT2D eigenvalue weighted by atomic mass is 16.6. The van der Waals surface area contributed by atoms with Crippen LogP contribution in [0.15, 0.2) is 66.7 Å². The monoisotopic (exact) mass is 569 g/mol. The number of hydrogen-bond donors (Lipinski definition) is 2. The van der Waals surface area contributed by atoms with Crippen molar-refractivity contribution in [2.75, 3.05) is 18.4 Å². The summed E-state index contributed by atoms with van der Waals surface area (Å²) >= 11 is 0. The lowest BCUT2D eigenvalue weighted by Gasteiger charge is -2.32. The molecule has 0 radical (unpaired) electrons. The molecule has 1 unspecified atom stereocenters. The van der Waals surface area contributed by atoms with E-state index in [0.29, 0.717) is 29.8 Å². The summed E-state index contributed by atoms with van der Waals surface area (Å²) in [5.41, 5.74) is 0.979. The fourth-order valence-electron chi connectivity index (χ4n) is 4.82. The summed E-state index contributed by atoms with van der Waals surface area (Å²) in [6, 6.07) is 19.7. The Morgan fingerprint density at radius 3 is 2.29 bits per heavy atom. The molecule has 7 nitrogen and oxygen atoms in total. The molecule has 0 aliphatic carbocycles. The SMILES string of the molecule is C#Cc1ccccc1C(C(=O)Nc1ccc2ccccc2c1)N(CCCCCCCC)C(=O)CNC(=O)OC(C)(C)C. The Hall–Kier alpha value is -4.31. The number of ether oxygens (including phenoxy) is 1. The average molecular weight is 570 g/mol. The zero-order valence-electron chi connectivity index (χ0n) is 25.2. The second-order valence-electron chi connectivity index (χ2n) is 11.4. The molecule has 3 rings (SSSR count). The summed E-state index contributed by atoms with van der Waals surface area (Å²) in [4.78, 5) is 41.7. The van der Waals surface area contributed by atoms with Gasteiger partial charge in [-0.1, -0.05) is 93.5 Å². The number of hydrogen-bond acceptors (Lipinski definition) is 4. The predicted octanol–water partition coefficient (Wildman–Crippen LogP) is 7.21.